The molecule has 2 rings (SSSR count). The predicted octanol–water partition coefficient (Wildman–Crippen LogP) is 3.51. The van der Waals surface area contributed by atoms with Crippen molar-refractivity contribution in [3.05, 3.63) is 57.4 Å². The van der Waals surface area contributed by atoms with E-state index in [0.717, 1.165) is 12.1 Å². The number of esters is 1. The topological polar surface area (TPSA) is 97.1 Å². The second-order valence-corrected chi connectivity index (χ2v) is 5.26. The first-order chi connectivity index (χ1) is 12.9. The smallest absolute Gasteiger partial charge is 0.345 e. The van der Waals surface area contributed by atoms with Gasteiger partial charge in [-0.15, -0.1) is 0 Å². The molecule has 0 fully saturated rings. The highest BCUT2D eigenvalue weighted by molar-refractivity contribution is 5.95. The van der Waals surface area contributed by atoms with Crippen molar-refractivity contribution < 1.29 is 33.1 Å². The zero-order chi connectivity index (χ0) is 20.0. The lowest BCUT2D eigenvalue weighted by molar-refractivity contribution is -0.385. The summed E-state index contributed by atoms with van der Waals surface area (Å²) in [5.41, 5.74) is -0.415. The molecule has 0 N–H and O–H groups in total. The Morgan fingerprint density at radius 2 is 1.81 bits per heavy atom. The third-order valence-electron chi connectivity index (χ3n) is 3.58. The summed E-state index contributed by atoms with van der Waals surface area (Å²) in [5, 5.41) is 11.3. The zero-order valence-electron chi connectivity index (χ0n) is 15.0. The van der Waals surface area contributed by atoms with Gasteiger partial charge in [-0.25, -0.2) is 9.18 Å². The fourth-order valence-corrected chi connectivity index (χ4v) is 2.32. The fourth-order valence-electron chi connectivity index (χ4n) is 2.32. The first-order valence-corrected chi connectivity index (χ1v) is 7.90. The maximum atomic E-state index is 13.7. The Morgan fingerprint density at radius 3 is 2.37 bits per heavy atom. The number of rotatable bonds is 8. The normalized spacial score (nSPS) is 10.2. The van der Waals surface area contributed by atoms with Crippen LogP contribution in [0.5, 0.6) is 17.2 Å². The molecule has 0 aliphatic carbocycles. The van der Waals surface area contributed by atoms with E-state index in [1.807, 2.05) is 0 Å². The lowest BCUT2D eigenvalue weighted by Crippen LogP contribution is -2.10. The summed E-state index contributed by atoms with van der Waals surface area (Å²) in [6.07, 6.45) is 0. The van der Waals surface area contributed by atoms with Crippen LogP contribution in [-0.2, 0) is 11.3 Å². The Balaban J connectivity index is 2.27. The monoisotopic (exact) mass is 379 g/mol. The number of nitro groups is 1. The highest BCUT2D eigenvalue weighted by Gasteiger charge is 2.26. The molecule has 0 aliphatic heterocycles. The highest BCUT2D eigenvalue weighted by Crippen LogP contribution is 2.35. The first kappa shape index (κ1) is 20.0. The van der Waals surface area contributed by atoms with Crippen molar-refractivity contribution in [2.75, 3.05) is 20.8 Å². The molecule has 0 aliphatic rings. The van der Waals surface area contributed by atoms with Crippen molar-refractivity contribution in [3.8, 4) is 17.2 Å². The van der Waals surface area contributed by atoms with E-state index in [2.05, 4.69) is 0 Å². The second-order valence-electron chi connectivity index (χ2n) is 5.26. The van der Waals surface area contributed by atoms with Gasteiger partial charge in [0.1, 0.15) is 12.2 Å². The molecule has 0 atom stereocenters. The summed E-state index contributed by atoms with van der Waals surface area (Å²) in [5.74, 6) is -1.20. The largest absolute Gasteiger partial charge is 0.494 e. The average Bonchev–Trinajstić information content (AvgIpc) is 2.65. The number of halogens is 1. The van der Waals surface area contributed by atoms with E-state index < -0.39 is 22.4 Å². The molecule has 0 spiro atoms. The number of hydrogen-bond donors (Lipinski definition) is 0. The Morgan fingerprint density at radius 1 is 1.11 bits per heavy atom. The number of methoxy groups -OCH3 is 2. The highest BCUT2D eigenvalue weighted by atomic mass is 19.1. The minimum atomic E-state index is -0.943. The van der Waals surface area contributed by atoms with Crippen LogP contribution in [0.2, 0.25) is 0 Å². The predicted molar refractivity (Wildman–Crippen MR) is 92.9 cm³/mol. The number of nitrogens with zero attached hydrogens (tertiary/aromatic N) is 1. The van der Waals surface area contributed by atoms with E-state index in [9.17, 15) is 19.3 Å². The van der Waals surface area contributed by atoms with Gasteiger partial charge in [0.05, 0.1) is 31.8 Å². The number of hydrogen-bond acceptors (Lipinski definition) is 7. The van der Waals surface area contributed by atoms with Crippen LogP contribution < -0.4 is 14.2 Å². The molecule has 9 heteroatoms. The van der Waals surface area contributed by atoms with E-state index in [1.165, 1.54) is 32.4 Å². The maximum Gasteiger partial charge on any atom is 0.345 e. The van der Waals surface area contributed by atoms with Gasteiger partial charge in [0.25, 0.3) is 5.69 Å². The molecule has 144 valence electrons. The maximum absolute atomic E-state index is 13.7. The van der Waals surface area contributed by atoms with Crippen LogP contribution in [0.3, 0.4) is 0 Å². The molecular weight excluding hydrogens is 361 g/mol. The number of benzene rings is 2. The Bertz CT molecular complexity index is 854. The van der Waals surface area contributed by atoms with Crippen LogP contribution >= 0.6 is 0 Å². The second kappa shape index (κ2) is 8.84. The number of carbonyl (C=O) groups excluding carboxylic acids is 1. The van der Waals surface area contributed by atoms with Crippen molar-refractivity contribution in [2.24, 2.45) is 0 Å². The van der Waals surface area contributed by atoms with Crippen molar-refractivity contribution in [2.45, 2.75) is 13.5 Å². The summed E-state index contributed by atoms with van der Waals surface area (Å²) < 4.78 is 34.0. The van der Waals surface area contributed by atoms with Crippen LogP contribution in [0.25, 0.3) is 0 Å². The van der Waals surface area contributed by atoms with E-state index in [-0.39, 0.29) is 36.0 Å². The van der Waals surface area contributed by atoms with Gasteiger partial charge >= 0.3 is 5.97 Å². The molecule has 0 amide bonds. The third-order valence-corrected chi connectivity index (χ3v) is 3.58. The first-order valence-electron chi connectivity index (χ1n) is 7.90. The average molecular weight is 379 g/mol. The summed E-state index contributed by atoms with van der Waals surface area (Å²) in [7, 11) is 2.66. The van der Waals surface area contributed by atoms with Gasteiger partial charge in [0, 0.05) is 6.07 Å². The van der Waals surface area contributed by atoms with E-state index in [1.54, 1.807) is 6.92 Å². The molecule has 0 bridgehead atoms. The molecule has 2 aromatic carbocycles. The van der Waals surface area contributed by atoms with Crippen LogP contribution in [0.15, 0.2) is 30.3 Å². The summed E-state index contributed by atoms with van der Waals surface area (Å²) in [6.45, 7) is 1.72. The van der Waals surface area contributed by atoms with E-state index in [4.69, 9.17) is 18.9 Å². The van der Waals surface area contributed by atoms with Gasteiger partial charge < -0.3 is 18.9 Å². The van der Waals surface area contributed by atoms with Crippen LogP contribution in [0.4, 0.5) is 10.1 Å². The molecule has 27 heavy (non-hydrogen) atoms. The molecule has 2 aromatic rings. The van der Waals surface area contributed by atoms with Crippen molar-refractivity contribution >= 4 is 11.7 Å². The molecule has 0 saturated carbocycles. The third kappa shape index (κ3) is 4.63. The van der Waals surface area contributed by atoms with Crippen LogP contribution in [0.1, 0.15) is 22.8 Å². The Labute approximate surface area is 154 Å². The van der Waals surface area contributed by atoms with Gasteiger partial charge in [0.2, 0.25) is 0 Å². The molecular formula is C18H18FNO7. The van der Waals surface area contributed by atoms with Crippen molar-refractivity contribution in [1.82, 2.24) is 0 Å². The lowest BCUT2D eigenvalue weighted by atomic mass is 10.1. The minimum absolute atomic E-state index is 0.0530. The van der Waals surface area contributed by atoms with Crippen LogP contribution in [0, 0.1) is 15.9 Å². The lowest BCUT2D eigenvalue weighted by Gasteiger charge is -2.12. The van der Waals surface area contributed by atoms with Crippen molar-refractivity contribution in [3.63, 3.8) is 0 Å². The quantitative estimate of drug-likeness (QED) is 0.393. The van der Waals surface area contributed by atoms with Gasteiger partial charge in [-0.1, -0.05) is 6.07 Å². The number of ether oxygens (including phenoxy) is 4. The standard InChI is InChI=1S/C18H18FNO7/c1-4-26-17-8-12(14(20(22)23)9-16(17)25-3)18(21)27-10-11-5-6-15(24-2)13(19)7-11/h5-9H,4,10H2,1-3H3. The van der Waals surface area contributed by atoms with Gasteiger partial charge in [0.15, 0.2) is 23.1 Å². The molecule has 0 aromatic heterocycles. The fraction of sp³-hybridized carbons (Fsp3) is 0.278. The van der Waals surface area contributed by atoms with Crippen molar-refractivity contribution in [1.29, 1.82) is 0 Å². The minimum Gasteiger partial charge on any atom is -0.494 e. The van der Waals surface area contributed by atoms with Crippen LogP contribution in [-0.4, -0.2) is 31.7 Å². The van der Waals surface area contributed by atoms with Gasteiger partial charge in [-0.3, -0.25) is 10.1 Å². The molecule has 0 saturated heterocycles. The van der Waals surface area contributed by atoms with E-state index in [0.29, 0.717) is 5.56 Å². The number of carbonyl (C=O) groups is 1. The summed E-state index contributed by atoms with van der Waals surface area (Å²) >= 11 is 0. The zero-order valence-corrected chi connectivity index (χ0v) is 15.0. The molecule has 0 unspecified atom stereocenters. The Hall–Kier alpha value is -3.36. The summed E-state index contributed by atoms with van der Waals surface area (Å²) in [6, 6.07) is 6.34. The van der Waals surface area contributed by atoms with Gasteiger partial charge in [-0.2, -0.15) is 0 Å². The van der Waals surface area contributed by atoms with Gasteiger partial charge in [-0.05, 0) is 24.6 Å². The molecule has 0 heterocycles. The SMILES string of the molecule is CCOc1cc(C(=O)OCc2ccc(OC)c(F)c2)c([N+](=O)[O-])cc1OC. The summed E-state index contributed by atoms with van der Waals surface area (Å²) in [4.78, 5) is 22.9. The van der Waals surface area contributed by atoms with E-state index >= 15 is 0 Å². The molecule has 8 nitrogen and oxygen atoms in total. The number of nitro benzene ring substituents is 1. The Kier molecular flexibility index (Phi) is 6.53. The molecule has 0 radical (unpaired) electrons.